The van der Waals surface area contributed by atoms with E-state index in [0.717, 1.165) is 43.5 Å². The van der Waals surface area contributed by atoms with Gasteiger partial charge in [0.25, 0.3) is 0 Å². The van der Waals surface area contributed by atoms with E-state index in [4.69, 9.17) is 0 Å². The summed E-state index contributed by atoms with van der Waals surface area (Å²) < 4.78 is 0. The first-order chi connectivity index (χ1) is 11.1. The number of urea groups is 1. The van der Waals surface area contributed by atoms with Crippen molar-refractivity contribution >= 4 is 17.6 Å². The Morgan fingerprint density at radius 1 is 1.39 bits per heavy atom. The molecule has 0 bridgehead atoms. The topological polar surface area (TPSA) is 65.5 Å². The zero-order valence-corrected chi connectivity index (χ0v) is 13.8. The van der Waals surface area contributed by atoms with Crippen molar-refractivity contribution < 1.29 is 9.59 Å². The maximum atomic E-state index is 12.6. The molecular formula is C17H24N4O2. The molecule has 0 aromatic carbocycles. The number of carbonyl (C=O) groups excluding carboxylic acids is 2. The molecule has 2 aliphatic rings. The number of likely N-dealkylation sites (tertiary alicyclic amines) is 1. The highest BCUT2D eigenvalue weighted by molar-refractivity contribution is 5.90. The van der Waals surface area contributed by atoms with Crippen LogP contribution in [0.3, 0.4) is 0 Å². The van der Waals surface area contributed by atoms with E-state index in [1.54, 1.807) is 19.3 Å². The van der Waals surface area contributed by atoms with Gasteiger partial charge in [-0.05, 0) is 44.2 Å². The highest BCUT2D eigenvalue weighted by atomic mass is 16.2. The molecule has 0 unspecified atom stereocenters. The quantitative estimate of drug-likeness (QED) is 0.927. The van der Waals surface area contributed by atoms with E-state index in [0.29, 0.717) is 12.6 Å². The molecule has 2 heterocycles. The number of pyridine rings is 1. The van der Waals surface area contributed by atoms with Gasteiger partial charge in [-0.15, -0.1) is 0 Å². The first-order valence-corrected chi connectivity index (χ1v) is 8.31. The Labute approximate surface area is 136 Å². The average molecular weight is 316 g/mol. The number of hydrogen-bond acceptors (Lipinski definition) is 3. The molecule has 1 aliphatic carbocycles. The van der Waals surface area contributed by atoms with Crippen LogP contribution in [0.5, 0.6) is 0 Å². The molecule has 23 heavy (non-hydrogen) atoms. The number of hydrogen-bond donors (Lipinski definition) is 1. The SMILES string of the molecule is CC(=O)N(C[C@H]1CCCN1C(=O)Nc1ccncc1C)C1CC1. The average Bonchev–Trinajstić information content (AvgIpc) is 3.24. The third-order valence-electron chi connectivity index (χ3n) is 4.70. The molecule has 1 aliphatic heterocycles. The van der Waals surface area contributed by atoms with Gasteiger partial charge in [-0.2, -0.15) is 0 Å². The second-order valence-electron chi connectivity index (χ2n) is 6.51. The van der Waals surface area contributed by atoms with E-state index >= 15 is 0 Å². The van der Waals surface area contributed by atoms with Crippen LogP contribution in [0.4, 0.5) is 10.5 Å². The molecule has 124 valence electrons. The summed E-state index contributed by atoms with van der Waals surface area (Å²) in [5, 5.41) is 2.97. The molecule has 1 N–H and O–H groups in total. The van der Waals surface area contributed by atoms with E-state index in [9.17, 15) is 9.59 Å². The molecule has 3 amide bonds. The molecule has 1 saturated heterocycles. The third-order valence-corrected chi connectivity index (χ3v) is 4.70. The maximum Gasteiger partial charge on any atom is 0.322 e. The lowest BCUT2D eigenvalue weighted by atomic mass is 10.2. The fourth-order valence-corrected chi connectivity index (χ4v) is 3.24. The summed E-state index contributed by atoms with van der Waals surface area (Å²) >= 11 is 0. The zero-order valence-electron chi connectivity index (χ0n) is 13.8. The van der Waals surface area contributed by atoms with Gasteiger partial charge in [0.2, 0.25) is 5.91 Å². The summed E-state index contributed by atoms with van der Waals surface area (Å²) in [5.41, 5.74) is 1.74. The van der Waals surface area contributed by atoms with Crippen LogP contribution >= 0.6 is 0 Å². The Morgan fingerprint density at radius 3 is 2.83 bits per heavy atom. The second kappa shape index (κ2) is 6.56. The van der Waals surface area contributed by atoms with Crippen LogP contribution in [0, 0.1) is 6.92 Å². The van der Waals surface area contributed by atoms with Gasteiger partial charge in [0, 0.05) is 44.1 Å². The van der Waals surface area contributed by atoms with E-state index in [1.165, 1.54) is 0 Å². The van der Waals surface area contributed by atoms with Gasteiger partial charge in [0.1, 0.15) is 0 Å². The van der Waals surface area contributed by atoms with Crippen LogP contribution in [0.1, 0.15) is 38.2 Å². The fourth-order valence-electron chi connectivity index (χ4n) is 3.24. The summed E-state index contributed by atoms with van der Waals surface area (Å²) in [6, 6.07) is 2.23. The van der Waals surface area contributed by atoms with Crippen molar-refractivity contribution in [2.24, 2.45) is 0 Å². The summed E-state index contributed by atoms with van der Waals surface area (Å²) in [6.45, 7) is 4.95. The van der Waals surface area contributed by atoms with Crippen molar-refractivity contribution in [3.8, 4) is 0 Å². The minimum atomic E-state index is -0.0823. The first kappa shape index (κ1) is 15.8. The van der Waals surface area contributed by atoms with Crippen molar-refractivity contribution in [2.45, 2.75) is 51.6 Å². The Kier molecular flexibility index (Phi) is 4.50. The lowest BCUT2D eigenvalue weighted by Crippen LogP contribution is -2.46. The monoisotopic (exact) mass is 316 g/mol. The van der Waals surface area contributed by atoms with Crippen LogP contribution in [0.25, 0.3) is 0 Å². The Bertz CT molecular complexity index is 600. The van der Waals surface area contributed by atoms with Crippen molar-refractivity contribution in [3.63, 3.8) is 0 Å². The number of carbonyl (C=O) groups is 2. The number of anilines is 1. The summed E-state index contributed by atoms with van der Waals surface area (Å²) in [6.07, 6.45) is 7.54. The number of aromatic nitrogens is 1. The highest BCUT2D eigenvalue weighted by Gasteiger charge is 2.36. The zero-order chi connectivity index (χ0) is 16.4. The van der Waals surface area contributed by atoms with Gasteiger partial charge in [-0.25, -0.2) is 4.79 Å². The third kappa shape index (κ3) is 3.63. The summed E-state index contributed by atoms with van der Waals surface area (Å²) in [7, 11) is 0. The Balaban J connectivity index is 1.65. The lowest BCUT2D eigenvalue weighted by Gasteiger charge is -2.30. The molecule has 1 aromatic rings. The number of nitrogens with one attached hydrogen (secondary N) is 1. The van der Waals surface area contributed by atoms with E-state index < -0.39 is 0 Å². The number of amides is 3. The molecule has 2 fully saturated rings. The largest absolute Gasteiger partial charge is 0.338 e. The molecular weight excluding hydrogens is 292 g/mol. The van der Waals surface area contributed by atoms with Crippen molar-refractivity contribution in [3.05, 3.63) is 24.0 Å². The van der Waals surface area contributed by atoms with Gasteiger partial charge in [0.05, 0.1) is 6.04 Å². The van der Waals surface area contributed by atoms with Crippen LogP contribution < -0.4 is 5.32 Å². The number of rotatable bonds is 4. The molecule has 1 aromatic heterocycles. The van der Waals surface area contributed by atoms with Gasteiger partial charge >= 0.3 is 6.03 Å². The molecule has 6 heteroatoms. The van der Waals surface area contributed by atoms with Crippen LogP contribution in [0.2, 0.25) is 0 Å². The van der Waals surface area contributed by atoms with E-state index in [2.05, 4.69) is 10.3 Å². The number of aryl methyl sites for hydroxylation is 1. The van der Waals surface area contributed by atoms with Gasteiger partial charge in [-0.3, -0.25) is 9.78 Å². The molecule has 1 atom stereocenters. The Morgan fingerprint density at radius 2 is 2.17 bits per heavy atom. The first-order valence-electron chi connectivity index (χ1n) is 8.31. The normalized spacial score (nSPS) is 20.4. The molecule has 0 spiro atoms. The lowest BCUT2D eigenvalue weighted by molar-refractivity contribution is -0.130. The minimum Gasteiger partial charge on any atom is -0.338 e. The predicted molar refractivity (Wildman–Crippen MR) is 88.1 cm³/mol. The van der Waals surface area contributed by atoms with Gasteiger partial charge in [-0.1, -0.05) is 0 Å². The fraction of sp³-hybridized carbons (Fsp3) is 0.588. The van der Waals surface area contributed by atoms with Crippen LogP contribution in [-0.2, 0) is 4.79 Å². The highest BCUT2D eigenvalue weighted by Crippen LogP contribution is 2.29. The standard InChI is InChI=1S/C17H24N4O2/c1-12-10-18-8-7-16(12)19-17(23)20-9-3-4-15(20)11-21(13(2)22)14-5-6-14/h7-8,10,14-15H,3-6,9,11H2,1-2H3,(H,18,19,23)/t15-/m1/s1. The van der Waals surface area contributed by atoms with Crippen molar-refractivity contribution in [1.29, 1.82) is 0 Å². The van der Waals surface area contributed by atoms with Crippen molar-refractivity contribution in [2.75, 3.05) is 18.4 Å². The molecule has 1 saturated carbocycles. The van der Waals surface area contributed by atoms with Crippen molar-refractivity contribution in [1.82, 2.24) is 14.8 Å². The predicted octanol–water partition coefficient (Wildman–Crippen LogP) is 2.40. The van der Waals surface area contributed by atoms with E-state index in [1.807, 2.05) is 22.8 Å². The van der Waals surface area contributed by atoms with Gasteiger partial charge in [0.15, 0.2) is 0 Å². The van der Waals surface area contributed by atoms with Gasteiger partial charge < -0.3 is 15.1 Å². The van der Waals surface area contributed by atoms with Crippen LogP contribution in [-0.4, -0.2) is 51.9 Å². The molecule has 6 nitrogen and oxygen atoms in total. The minimum absolute atomic E-state index is 0.0823. The smallest absolute Gasteiger partial charge is 0.322 e. The van der Waals surface area contributed by atoms with Crippen LogP contribution in [0.15, 0.2) is 18.5 Å². The molecule has 3 rings (SSSR count). The second-order valence-corrected chi connectivity index (χ2v) is 6.51. The summed E-state index contributed by atoms with van der Waals surface area (Å²) in [4.78, 5) is 32.3. The summed E-state index contributed by atoms with van der Waals surface area (Å²) in [5.74, 6) is 0.115. The number of nitrogens with zero attached hydrogens (tertiary/aromatic N) is 3. The van der Waals surface area contributed by atoms with E-state index in [-0.39, 0.29) is 18.0 Å². The maximum absolute atomic E-state index is 12.6. The Hall–Kier alpha value is -2.11. The molecule has 0 radical (unpaired) electrons.